The van der Waals surface area contributed by atoms with Crippen LogP contribution in [0.2, 0.25) is 0 Å². The van der Waals surface area contributed by atoms with E-state index in [1.54, 1.807) is 18.2 Å². The molecule has 1 amide bonds. The molecular weight excluding hydrogens is 340 g/mol. The molecule has 1 aromatic heterocycles. The summed E-state index contributed by atoms with van der Waals surface area (Å²) in [6.07, 6.45) is 2.71. The van der Waals surface area contributed by atoms with Crippen LogP contribution < -0.4 is 9.62 Å². The number of amides is 1. The van der Waals surface area contributed by atoms with Crippen molar-refractivity contribution in [2.45, 2.75) is 32.7 Å². The maximum atomic E-state index is 12.5. The molecule has 3 rings (SSSR count). The number of anilines is 1. The first-order valence-corrected chi connectivity index (χ1v) is 10.1. The Labute approximate surface area is 147 Å². The average Bonchev–Trinajstić information content (AvgIpc) is 2.99. The van der Waals surface area contributed by atoms with Crippen LogP contribution in [0.15, 0.2) is 34.7 Å². The van der Waals surface area contributed by atoms with Crippen molar-refractivity contribution in [2.75, 3.05) is 17.1 Å². The first-order valence-electron chi connectivity index (χ1n) is 8.23. The second kappa shape index (κ2) is 6.55. The van der Waals surface area contributed by atoms with Gasteiger partial charge in [0, 0.05) is 12.1 Å². The Morgan fingerprint density at radius 3 is 2.68 bits per heavy atom. The molecule has 0 bridgehead atoms. The van der Waals surface area contributed by atoms with Crippen molar-refractivity contribution in [1.82, 2.24) is 5.32 Å². The van der Waals surface area contributed by atoms with E-state index in [0.717, 1.165) is 24.2 Å². The molecule has 1 N–H and O–H groups in total. The van der Waals surface area contributed by atoms with Gasteiger partial charge in [0.1, 0.15) is 11.5 Å². The number of aryl methyl sites for hydroxylation is 2. The molecule has 0 radical (unpaired) electrons. The van der Waals surface area contributed by atoms with Crippen LogP contribution in [0.1, 0.15) is 46.8 Å². The number of nitrogens with zero attached hydrogens (tertiary/aromatic N) is 1. The monoisotopic (exact) mass is 362 g/mol. The summed E-state index contributed by atoms with van der Waals surface area (Å²) in [5.74, 6) is 1.29. The molecule has 0 saturated carbocycles. The summed E-state index contributed by atoms with van der Waals surface area (Å²) in [5, 5.41) is 2.91. The number of hydrogen-bond donors (Lipinski definition) is 1. The van der Waals surface area contributed by atoms with Gasteiger partial charge in [-0.05, 0) is 62.6 Å². The zero-order valence-corrected chi connectivity index (χ0v) is 15.4. The number of carbonyl (C=O) groups is 1. The largest absolute Gasteiger partial charge is 0.464 e. The van der Waals surface area contributed by atoms with Crippen molar-refractivity contribution >= 4 is 21.6 Å². The molecular formula is C18H22N2O4S. The van der Waals surface area contributed by atoms with Crippen molar-refractivity contribution in [1.29, 1.82) is 0 Å². The zero-order valence-electron chi connectivity index (χ0n) is 14.6. The maximum Gasteiger partial charge on any atom is 0.251 e. The zero-order chi connectivity index (χ0) is 18.2. The fourth-order valence-electron chi connectivity index (χ4n) is 3.09. The van der Waals surface area contributed by atoms with E-state index in [4.69, 9.17) is 4.42 Å². The van der Waals surface area contributed by atoms with Crippen LogP contribution >= 0.6 is 0 Å². The van der Waals surface area contributed by atoms with Crippen LogP contribution in [0.3, 0.4) is 0 Å². The minimum atomic E-state index is -3.30. The lowest BCUT2D eigenvalue weighted by Gasteiger charge is -2.29. The van der Waals surface area contributed by atoms with Crippen LogP contribution in [0.5, 0.6) is 0 Å². The Kier molecular flexibility index (Phi) is 4.60. The van der Waals surface area contributed by atoms with Gasteiger partial charge in [-0.3, -0.25) is 9.10 Å². The summed E-state index contributed by atoms with van der Waals surface area (Å²) in [7, 11) is -3.30. The van der Waals surface area contributed by atoms with Gasteiger partial charge in [0.2, 0.25) is 10.0 Å². The Bertz CT molecular complexity index is 902. The number of fused-ring (bicyclic) bond motifs is 1. The third kappa shape index (κ3) is 3.71. The molecule has 7 heteroatoms. The predicted octanol–water partition coefficient (Wildman–Crippen LogP) is 2.79. The normalized spacial score (nSPS) is 15.6. The van der Waals surface area contributed by atoms with Crippen LogP contribution in [0.25, 0.3) is 0 Å². The van der Waals surface area contributed by atoms with Gasteiger partial charge in [-0.1, -0.05) is 0 Å². The molecule has 0 saturated heterocycles. The molecule has 0 fully saturated rings. The van der Waals surface area contributed by atoms with Gasteiger partial charge in [-0.15, -0.1) is 0 Å². The van der Waals surface area contributed by atoms with E-state index in [1.807, 2.05) is 26.0 Å². The van der Waals surface area contributed by atoms with E-state index in [2.05, 4.69) is 5.32 Å². The quantitative estimate of drug-likeness (QED) is 0.907. The summed E-state index contributed by atoms with van der Waals surface area (Å²) < 4.78 is 30.8. The highest BCUT2D eigenvalue weighted by Gasteiger charge is 2.25. The third-order valence-corrected chi connectivity index (χ3v) is 5.53. The number of sulfonamides is 1. The Morgan fingerprint density at radius 2 is 2.04 bits per heavy atom. The number of furan rings is 1. The SMILES string of the molecule is Cc1ccc(C(C)NC(=O)c2ccc3c(c2)CCCN3S(C)(=O)=O)o1. The van der Waals surface area contributed by atoms with Crippen molar-refractivity contribution in [3.05, 3.63) is 53.0 Å². The fraction of sp³-hybridized carbons (Fsp3) is 0.389. The molecule has 25 heavy (non-hydrogen) atoms. The first kappa shape index (κ1) is 17.5. The highest BCUT2D eigenvalue weighted by atomic mass is 32.2. The number of carbonyl (C=O) groups excluding carboxylic acids is 1. The van der Waals surface area contributed by atoms with E-state index in [9.17, 15) is 13.2 Å². The van der Waals surface area contributed by atoms with Crippen LogP contribution in [0.4, 0.5) is 5.69 Å². The van der Waals surface area contributed by atoms with Crippen molar-refractivity contribution in [3.63, 3.8) is 0 Å². The van der Waals surface area contributed by atoms with E-state index in [1.165, 1.54) is 10.6 Å². The van der Waals surface area contributed by atoms with Crippen LogP contribution in [0, 0.1) is 6.92 Å². The topological polar surface area (TPSA) is 79.6 Å². The summed E-state index contributed by atoms with van der Waals surface area (Å²) >= 11 is 0. The standard InChI is InChI=1S/C18H22N2O4S/c1-12-6-9-17(24-12)13(2)19-18(21)15-7-8-16-14(11-15)5-4-10-20(16)25(3,22)23/h6-9,11,13H,4-5,10H2,1-3H3,(H,19,21). The molecule has 2 heterocycles. The maximum absolute atomic E-state index is 12.5. The molecule has 1 aliphatic rings. The molecule has 0 spiro atoms. The highest BCUT2D eigenvalue weighted by molar-refractivity contribution is 7.92. The third-order valence-electron chi connectivity index (χ3n) is 4.35. The second-order valence-electron chi connectivity index (χ2n) is 6.43. The average molecular weight is 362 g/mol. The minimum Gasteiger partial charge on any atom is -0.464 e. The first-order chi connectivity index (χ1) is 11.8. The molecule has 1 atom stereocenters. The van der Waals surface area contributed by atoms with Gasteiger partial charge >= 0.3 is 0 Å². The molecule has 0 aliphatic carbocycles. The lowest BCUT2D eigenvalue weighted by Crippen LogP contribution is -2.35. The number of benzene rings is 1. The van der Waals surface area contributed by atoms with Gasteiger partial charge in [0.15, 0.2) is 0 Å². The summed E-state index contributed by atoms with van der Waals surface area (Å²) in [6.45, 7) is 4.20. The van der Waals surface area contributed by atoms with Gasteiger partial charge in [-0.2, -0.15) is 0 Å². The molecule has 1 unspecified atom stereocenters. The fourth-order valence-corrected chi connectivity index (χ4v) is 4.08. The number of nitrogens with one attached hydrogen (secondary N) is 1. The lowest BCUT2D eigenvalue weighted by atomic mass is 10.0. The molecule has 1 aliphatic heterocycles. The molecule has 6 nitrogen and oxygen atoms in total. The van der Waals surface area contributed by atoms with Crippen molar-refractivity contribution in [2.24, 2.45) is 0 Å². The van der Waals surface area contributed by atoms with Gasteiger partial charge in [-0.25, -0.2) is 8.42 Å². The van der Waals surface area contributed by atoms with Crippen molar-refractivity contribution < 1.29 is 17.6 Å². The Morgan fingerprint density at radius 1 is 1.28 bits per heavy atom. The molecule has 2 aromatic rings. The van der Waals surface area contributed by atoms with Gasteiger partial charge in [0.05, 0.1) is 18.0 Å². The van der Waals surface area contributed by atoms with Crippen LogP contribution in [-0.4, -0.2) is 27.1 Å². The van der Waals surface area contributed by atoms with Crippen molar-refractivity contribution in [3.8, 4) is 0 Å². The van der Waals surface area contributed by atoms with Crippen LogP contribution in [-0.2, 0) is 16.4 Å². The van der Waals surface area contributed by atoms with Gasteiger partial charge < -0.3 is 9.73 Å². The molecule has 134 valence electrons. The summed E-state index contributed by atoms with van der Waals surface area (Å²) in [4.78, 5) is 12.5. The summed E-state index contributed by atoms with van der Waals surface area (Å²) in [5.41, 5.74) is 2.06. The summed E-state index contributed by atoms with van der Waals surface area (Å²) in [6, 6.07) is 8.62. The Balaban J connectivity index is 1.81. The molecule has 1 aromatic carbocycles. The second-order valence-corrected chi connectivity index (χ2v) is 8.33. The highest BCUT2D eigenvalue weighted by Crippen LogP contribution is 2.30. The number of rotatable bonds is 4. The lowest BCUT2D eigenvalue weighted by molar-refractivity contribution is 0.0935. The van der Waals surface area contributed by atoms with E-state index in [0.29, 0.717) is 23.6 Å². The Hall–Kier alpha value is -2.28. The van der Waals surface area contributed by atoms with Gasteiger partial charge in [0.25, 0.3) is 5.91 Å². The van der Waals surface area contributed by atoms with E-state index < -0.39 is 10.0 Å². The minimum absolute atomic E-state index is 0.208. The van der Waals surface area contributed by atoms with E-state index in [-0.39, 0.29) is 11.9 Å². The smallest absolute Gasteiger partial charge is 0.251 e. The predicted molar refractivity (Wildman–Crippen MR) is 96.3 cm³/mol. The van der Waals surface area contributed by atoms with E-state index >= 15 is 0 Å². The number of hydrogen-bond acceptors (Lipinski definition) is 4.